The van der Waals surface area contributed by atoms with Gasteiger partial charge in [-0.15, -0.1) is 12.4 Å². The maximum atomic E-state index is 14.2. The third-order valence-corrected chi connectivity index (χ3v) is 5.89. The zero-order chi connectivity index (χ0) is 22.1. The van der Waals surface area contributed by atoms with E-state index in [1.807, 2.05) is 43.3 Å². The Labute approximate surface area is 192 Å². The summed E-state index contributed by atoms with van der Waals surface area (Å²) in [6, 6.07) is 9.61. The van der Waals surface area contributed by atoms with Crippen LogP contribution in [0.2, 0.25) is 0 Å². The van der Waals surface area contributed by atoms with E-state index in [4.69, 9.17) is 0 Å². The lowest BCUT2D eigenvalue weighted by Crippen LogP contribution is -2.33. The van der Waals surface area contributed by atoms with Gasteiger partial charge < -0.3 is 4.90 Å². The molecule has 0 saturated heterocycles. The molecule has 31 heavy (non-hydrogen) atoms. The van der Waals surface area contributed by atoms with Crippen molar-refractivity contribution < 1.29 is 13.6 Å². The average Bonchev–Trinajstić information content (AvgIpc) is 3.08. The number of fused-ring (bicyclic) bond motifs is 1. The molecule has 0 aliphatic rings. The highest BCUT2D eigenvalue weighted by Gasteiger charge is 2.23. The molecule has 1 heterocycles. The van der Waals surface area contributed by atoms with E-state index >= 15 is 0 Å². The Morgan fingerprint density at radius 3 is 2.29 bits per heavy atom. The summed E-state index contributed by atoms with van der Waals surface area (Å²) in [5.41, 5.74) is 1.75. The maximum Gasteiger partial charge on any atom is 0.260 e. The molecule has 0 bridgehead atoms. The average molecular weight is 468 g/mol. The van der Waals surface area contributed by atoms with Crippen LogP contribution in [0.5, 0.6) is 0 Å². The van der Waals surface area contributed by atoms with E-state index in [9.17, 15) is 13.6 Å². The molecule has 0 aliphatic carbocycles. The second-order valence-electron chi connectivity index (χ2n) is 8.67. The molecule has 0 saturated carbocycles. The Morgan fingerprint density at radius 1 is 1.06 bits per heavy atom. The van der Waals surface area contributed by atoms with E-state index in [-0.39, 0.29) is 29.2 Å². The van der Waals surface area contributed by atoms with Crippen LogP contribution in [-0.4, -0.2) is 43.0 Å². The molecule has 0 spiro atoms. The molecule has 0 unspecified atom stereocenters. The Hall–Kier alpha value is -2.09. The fourth-order valence-corrected chi connectivity index (χ4v) is 4.19. The van der Waals surface area contributed by atoms with Gasteiger partial charge in [0, 0.05) is 18.2 Å². The summed E-state index contributed by atoms with van der Waals surface area (Å²) < 4.78 is 28.2. The van der Waals surface area contributed by atoms with Crippen molar-refractivity contribution in [3.63, 3.8) is 0 Å². The van der Waals surface area contributed by atoms with Gasteiger partial charge in [0.25, 0.3) is 5.91 Å². The molecular formula is C23H28ClF2N3OS. The second kappa shape index (κ2) is 10.0. The first-order valence-electron chi connectivity index (χ1n) is 9.89. The molecule has 3 aromatic rings. The van der Waals surface area contributed by atoms with Crippen molar-refractivity contribution in [3.05, 3.63) is 59.2 Å². The van der Waals surface area contributed by atoms with Crippen LogP contribution < -0.4 is 4.90 Å². The van der Waals surface area contributed by atoms with Crippen LogP contribution in [0.4, 0.5) is 13.9 Å². The van der Waals surface area contributed by atoms with E-state index < -0.39 is 11.6 Å². The Kier molecular flexibility index (Phi) is 8.14. The summed E-state index contributed by atoms with van der Waals surface area (Å²) >= 11 is 1.12. The molecule has 0 N–H and O–H groups in total. The van der Waals surface area contributed by atoms with Gasteiger partial charge in [-0.25, -0.2) is 13.8 Å². The zero-order valence-electron chi connectivity index (χ0n) is 18.4. The SMILES string of the molecule is CN(C)CCCN(C(=O)c1ccc(C(C)(C)C)cc1)c1nc2c(F)cc(F)cc2s1.Cl. The number of rotatable bonds is 6. The number of amides is 1. The van der Waals surface area contributed by atoms with Gasteiger partial charge in [-0.3, -0.25) is 9.69 Å². The van der Waals surface area contributed by atoms with E-state index in [1.54, 1.807) is 4.90 Å². The smallest absolute Gasteiger partial charge is 0.260 e. The van der Waals surface area contributed by atoms with Crippen LogP contribution in [0.25, 0.3) is 10.2 Å². The largest absolute Gasteiger partial charge is 0.309 e. The maximum absolute atomic E-state index is 14.2. The van der Waals surface area contributed by atoms with E-state index in [2.05, 4.69) is 25.8 Å². The number of hydrogen-bond donors (Lipinski definition) is 0. The molecule has 3 rings (SSSR count). The lowest BCUT2D eigenvalue weighted by atomic mass is 9.86. The number of carbonyl (C=O) groups excluding carboxylic acids is 1. The topological polar surface area (TPSA) is 36.4 Å². The first-order chi connectivity index (χ1) is 14.1. The molecule has 0 aliphatic heterocycles. The molecule has 1 amide bonds. The highest BCUT2D eigenvalue weighted by atomic mass is 35.5. The van der Waals surface area contributed by atoms with E-state index in [0.717, 1.165) is 35.9 Å². The summed E-state index contributed by atoms with van der Waals surface area (Å²) in [5.74, 6) is -1.57. The number of carbonyl (C=O) groups is 1. The number of hydrogen-bond acceptors (Lipinski definition) is 4. The van der Waals surface area contributed by atoms with Gasteiger partial charge in [-0.05, 0) is 56.2 Å². The van der Waals surface area contributed by atoms with Gasteiger partial charge in [0.05, 0.1) is 4.70 Å². The summed E-state index contributed by atoms with van der Waals surface area (Å²) in [4.78, 5) is 21.2. The summed E-state index contributed by atoms with van der Waals surface area (Å²) in [6.07, 6.45) is 0.728. The van der Waals surface area contributed by atoms with Gasteiger partial charge in [0.2, 0.25) is 0 Å². The van der Waals surface area contributed by atoms with Crippen LogP contribution in [-0.2, 0) is 5.41 Å². The number of nitrogens with zero attached hydrogens (tertiary/aromatic N) is 3. The minimum absolute atomic E-state index is 0. The molecule has 1 aromatic heterocycles. The van der Waals surface area contributed by atoms with Crippen LogP contribution in [0.1, 0.15) is 43.1 Å². The fraction of sp³-hybridized carbons (Fsp3) is 0.391. The molecule has 4 nitrogen and oxygen atoms in total. The predicted octanol–water partition coefficient (Wildman–Crippen LogP) is 5.89. The second-order valence-corrected chi connectivity index (χ2v) is 9.68. The number of aromatic nitrogens is 1. The van der Waals surface area contributed by atoms with Gasteiger partial charge in [0.15, 0.2) is 10.9 Å². The third kappa shape index (κ3) is 5.99. The molecule has 2 aromatic carbocycles. The fourth-order valence-electron chi connectivity index (χ4n) is 3.16. The number of anilines is 1. The Bertz CT molecular complexity index is 1050. The molecular weight excluding hydrogens is 440 g/mol. The lowest BCUT2D eigenvalue weighted by Gasteiger charge is -2.22. The van der Waals surface area contributed by atoms with Crippen molar-refractivity contribution in [2.45, 2.75) is 32.6 Å². The first-order valence-corrected chi connectivity index (χ1v) is 10.7. The first kappa shape index (κ1) is 25.2. The quantitative estimate of drug-likeness (QED) is 0.453. The monoisotopic (exact) mass is 467 g/mol. The highest BCUT2D eigenvalue weighted by molar-refractivity contribution is 7.22. The van der Waals surface area contributed by atoms with Crippen molar-refractivity contribution in [1.82, 2.24) is 9.88 Å². The Balaban J connectivity index is 0.00000341. The van der Waals surface area contributed by atoms with Crippen LogP contribution in [0, 0.1) is 11.6 Å². The minimum atomic E-state index is -0.720. The van der Waals surface area contributed by atoms with Crippen molar-refractivity contribution in [1.29, 1.82) is 0 Å². The van der Waals surface area contributed by atoms with Crippen LogP contribution in [0.3, 0.4) is 0 Å². The third-order valence-electron chi connectivity index (χ3n) is 4.86. The predicted molar refractivity (Wildman–Crippen MR) is 127 cm³/mol. The lowest BCUT2D eigenvalue weighted by molar-refractivity contribution is 0.0986. The highest BCUT2D eigenvalue weighted by Crippen LogP contribution is 2.32. The summed E-state index contributed by atoms with van der Waals surface area (Å²) in [6.45, 7) is 7.58. The van der Waals surface area contributed by atoms with Crippen molar-refractivity contribution >= 4 is 45.0 Å². The van der Waals surface area contributed by atoms with Gasteiger partial charge in [0.1, 0.15) is 11.3 Å². The van der Waals surface area contributed by atoms with Crippen LogP contribution >= 0.6 is 23.7 Å². The number of thiazole rings is 1. The molecule has 8 heteroatoms. The number of benzene rings is 2. The van der Waals surface area contributed by atoms with Gasteiger partial charge in [-0.2, -0.15) is 0 Å². The summed E-state index contributed by atoms with van der Waals surface area (Å²) in [7, 11) is 3.93. The molecule has 0 fully saturated rings. The minimum Gasteiger partial charge on any atom is -0.309 e. The van der Waals surface area contributed by atoms with Crippen LogP contribution in [0.15, 0.2) is 36.4 Å². The van der Waals surface area contributed by atoms with Gasteiger partial charge in [-0.1, -0.05) is 44.2 Å². The van der Waals surface area contributed by atoms with E-state index in [0.29, 0.717) is 21.9 Å². The van der Waals surface area contributed by atoms with Gasteiger partial charge >= 0.3 is 0 Å². The standard InChI is InChI=1S/C23H27F2N3OS.ClH/c1-23(2,3)16-9-7-15(8-10-16)21(29)28(12-6-11-27(4)5)22-26-20-18(25)13-17(24)14-19(20)30-22;/h7-10,13-14H,6,11-12H2,1-5H3;1H. The van der Waals surface area contributed by atoms with E-state index in [1.165, 1.54) is 6.07 Å². The Morgan fingerprint density at radius 2 is 1.71 bits per heavy atom. The summed E-state index contributed by atoms with van der Waals surface area (Å²) in [5, 5.41) is 0.373. The van der Waals surface area contributed by atoms with Crippen molar-refractivity contribution in [2.75, 3.05) is 32.1 Å². The molecule has 0 atom stereocenters. The molecule has 168 valence electrons. The molecule has 0 radical (unpaired) electrons. The number of halogens is 3. The van der Waals surface area contributed by atoms with Crippen molar-refractivity contribution in [2.24, 2.45) is 0 Å². The zero-order valence-corrected chi connectivity index (χ0v) is 20.0. The van der Waals surface area contributed by atoms with Crippen molar-refractivity contribution in [3.8, 4) is 0 Å². The normalized spacial score (nSPS) is 11.6.